The highest BCUT2D eigenvalue weighted by molar-refractivity contribution is 5.87. The Balaban J connectivity index is 2.10. The topological polar surface area (TPSA) is 96.7 Å². The van der Waals surface area contributed by atoms with Crippen LogP contribution in [0.15, 0.2) is 24.3 Å². The van der Waals surface area contributed by atoms with Crippen molar-refractivity contribution in [2.45, 2.75) is 0 Å². The van der Waals surface area contributed by atoms with E-state index in [1.165, 1.54) is 6.07 Å². The van der Waals surface area contributed by atoms with Crippen LogP contribution in [0.5, 0.6) is 0 Å². The van der Waals surface area contributed by atoms with E-state index in [0.29, 0.717) is 5.69 Å². The molecule has 0 bridgehead atoms. The largest absolute Gasteiger partial charge is 0.477 e. The molecule has 0 saturated heterocycles. The van der Waals surface area contributed by atoms with E-state index in [1.54, 1.807) is 4.68 Å². The quantitative estimate of drug-likeness (QED) is 0.701. The lowest BCUT2D eigenvalue weighted by atomic mass is 10.1. The van der Waals surface area contributed by atoms with Gasteiger partial charge in [-0.1, -0.05) is 11.3 Å². The number of carbonyl (C=O) groups is 1. The number of rotatable bonds is 2. The summed E-state index contributed by atoms with van der Waals surface area (Å²) in [5.74, 6) is -1.03. The summed E-state index contributed by atoms with van der Waals surface area (Å²) in [6.45, 7) is 0. The van der Waals surface area contributed by atoms with Crippen molar-refractivity contribution in [3.8, 4) is 11.3 Å². The van der Waals surface area contributed by atoms with Gasteiger partial charge in [-0.05, 0) is 18.2 Å². The van der Waals surface area contributed by atoms with Gasteiger partial charge in [0.15, 0.2) is 0 Å². The molecule has 0 amide bonds. The molecule has 0 unspecified atom stereocenters. The standard InChI is InChI=1S/C11H9N5O2/c1-16-10-3-2-6(4-8(10)14-15-16)7-5-9(11(17)18)13-12-7/h2-5H,1H3,(H,12,13)(H,17,18). The van der Waals surface area contributed by atoms with E-state index in [-0.39, 0.29) is 5.69 Å². The fraction of sp³-hybridized carbons (Fsp3) is 0.0909. The van der Waals surface area contributed by atoms with Gasteiger partial charge >= 0.3 is 5.97 Å². The van der Waals surface area contributed by atoms with Gasteiger partial charge in [0.05, 0.1) is 11.2 Å². The van der Waals surface area contributed by atoms with Crippen LogP contribution in [-0.2, 0) is 7.05 Å². The number of aryl methyl sites for hydroxylation is 1. The number of fused-ring (bicyclic) bond motifs is 1. The van der Waals surface area contributed by atoms with Crippen LogP contribution in [0.2, 0.25) is 0 Å². The van der Waals surface area contributed by atoms with E-state index in [1.807, 2.05) is 25.2 Å². The Morgan fingerprint density at radius 3 is 2.94 bits per heavy atom. The highest BCUT2D eigenvalue weighted by Gasteiger charge is 2.10. The summed E-state index contributed by atoms with van der Waals surface area (Å²) in [6, 6.07) is 7.04. The van der Waals surface area contributed by atoms with Crippen LogP contribution in [0.3, 0.4) is 0 Å². The minimum atomic E-state index is -1.03. The van der Waals surface area contributed by atoms with Gasteiger partial charge in [-0.25, -0.2) is 9.48 Å². The number of hydrogen-bond acceptors (Lipinski definition) is 4. The SMILES string of the molecule is Cn1nnc2cc(-c3cc(C(=O)O)[nH]n3)ccc21. The van der Waals surface area contributed by atoms with Crippen LogP contribution in [0.1, 0.15) is 10.5 Å². The molecule has 0 aliphatic rings. The summed E-state index contributed by atoms with van der Waals surface area (Å²) in [5.41, 5.74) is 3.08. The van der Waals surface area contributed by atoms with Crippen molar-refractivity contribution in [1.82, 2.24) is 25.2 Å². The number of benzene rings is 1. The molecule has 0 fully saturated rings. The first-order valence-corrected chi connectivity index (χ1v) is 5.23. The maximum Gasteiger partial charge on any atom is 0.353 e. The van der Waals surface area contributed by atoms with Gasteiger partial charge in [0.1, 0.15) is 11.2 Å². The van der Waals surface area contributed by atoms with Crippen molar-refractivity contribution >= 4 is 17.0 Å². The summed E-state index contributed by atoms with van der Waals surface area (Å²) >= 11 is 0. The highest BCUT2D eigenvalue weighted by atomic mass is 16.4. The maximum atomic E-state index is 10.8. The van der Waals surface area contributed by atoms with E-state index in [4.69, 9.17) is 5.11 Å². The molecule has 0 aliphatic carbocycles. The number of carboxylic acids is 1. The Kier molecular flexibility index (Phi) is 2.12. The van der Waals surface area contributed by atoms with Crippen molar-refractivity contribution in [2.24, 2.45) is 7.05 Å². The Morgan fingerprint density at radius 2 is 2.22 bits per heavy atom. The second kappa shape index (κ2) is 3.66. The van der Waals surface area contributed by atoms with Gasteiger partial charge in [-0.15, -0.1) is 5.10 Å². The maximum absolute atomic E-state index is 10.8. The lowest BCUT2D eigenvalue weighted by Crippen LogP contribution is -1.95. The Hall–Kier alpha value is -2.70. The van der Waals surface area contributed by atoms with Gasteiger partial charge in [0, 0.05) is 12.6 Å². The fourth-order valence-corrected chi connectivity index (χ4v) is 1.78. The van der Waals surface area contributed by atoms with Crippen LogP contribution in [0, 0.1) is 0 Å². The molecule has 7 heteroatoms. The number of H-pyrrole nitrogens is 1. The molecular formula is C11H9N5O2. The second-order valence-electron chi connectivity index (χ2n) is 3.89. The van der Waals surface area contributed by atoms with E-state index in [9.17, 15) is 4.79 Å². The molecule has 0 spiro atoms. The molecule has 0 atom stereocenters. The number of hydrogen-bond donors (Lipinski definition) is 2. The zero-order valence-corrected chi connectivity index (χ0v) is 9.45. The molecule has 18 heavy (non-hydrogen) atoms. The predicted molar refractivity (Wildman–Crippen MR) is 63.1 cm³/mol. The Labute approximate surface area is 101 Å². The van der Waals surface area contributed by atoms with E-state index >= 15 is 0 Å². The third kappa shape index (κ3) is 1.53. The molecule has 7 nitrogen and oxygen atoms in total. The summed E-state index contributed by atoms with van der Waals surface area (Å²) < 4.78 is 1.67. The van der Waals surface area contributed by atoms with Crippen molar-refractivity contribution in [2.75, 3.05) is 0 Å². The van der Waals surface area contributed by atoms with Gasteiger partial charge < -0.3 is 5.11 Å². The van der Waals surface area contributed by atoms with Crippen molar-refractivity contribution in [3.63, 3.8) is 0 Å². The minimum absolute atomic E-state index is 0.0595. The molecule has 3 rings (SSSR count). The number of carboxylic acid groups (broad SMARTS) is 1. The summed E-state index contributed by atoms with van der Waals surface area (Å²) in [7, 11) is 1.81. The number of aromatic carboxylic acids is 1. The average molecular weight is 243 g/mol. The second-order valence-corrected chi connectivity index (χ2v) is 3.89. The van der Waals surface area contributed by atoms with Crippen LogP contribution in [-0.4, -0.2) is 36.3 Å². The minimum Gasteiger partial charge on any atom is -0.477 e. The molecule has 2 aromatic heterocycles. The molecule has 2 N–H and O–H groups in total. The Morgan fingerprint density at radius 1 is 1.39 bits per heavy atom. The third-order valence-electron chi connectivity index (χ3n) is 2.71. The van der Waals surface area contributed by atoms with Crippen molar-refractivity contribution < 1.29 is 9.90 Å². The van der Waals surface area contributed by atoms with E-state index in [2.05, 4.69) is 20.5 Å². The molecule has 0 radical (unpaired) electrons. The Bertz CT molecular complexity index is 743. The average Bonchev–Trinajstić information content (AvgIpc) is 2.96. The lowest BCUT2D eigenvalue weighted by molar-refractivity contribution is 0.0690. The molecular weight excluding hydrogens is 234 g/mol. The fourth-order valence-electron chi connectivity index (χ4n) is 1.78. The number of aromatic amines is 1. The first-order chi connectivity index (χ1) is 8.65. The molecule has 0 aliphatic heterocycles. The summed E-state index contributed by atoms with van der Waals surface area (Å²) in [4.78, 5) is 10.8. The number of aromatic nitrogens is 5. The first kappa shape index (κ1) is 10.5. The number of nitrogens with one attached hydrogen (secondary N) is 1. The van der Waals surface area contributed by atoms with Crippen LogP contribution in [0.25, 0.3) is 22.3 Å². The molecule has 90 valence electrons. The van der Waals surface area contributed by atoms with Crippen LogP contribution >= 0.6 is 0 Å². The van der Waals surface area contributed by atoms with Crippen LogP contribution < -0.4 is 0 Å². The smallest absolute Gasteiger partial charge is 0.353 e. The normalized spacial score (nSPS) is 10.9. The third-order valence-corrected chi connectivity index (χ3v) is 2.71. The van der Waals surface area contributed by atoms with Crippen molar-refractivity contribution in [1.29, 1.82) is 0 Å². The van der Waals surface area contributed by atoms with Crippen molar-refractivity contribution in [3.05, 3.63) is 30.0 Å². The van der Waals surface area contributed by atoms with Gasteiger partial charge in [0.25, 0.3) is 0 Å². The van der Waals surface area contributed by atoms with E-state index in [0.717, 1.165) is 16.6 Å². The molecule has 0 saturated carbocycles. The zero-order valence-electron chi connectivity index (χ0n) is 9.45. The predicted octanol–water partition coefficient (Wildman–Crippen LogP) is 1.06. The summed E-state index contributed by atoms with van der Waals surface area (Å²) in [5, 5.41) is 23.2. The van der Waals surface area contributed by atoms with Gasteiger partial charge in [0.2, 0.25) is 0 Å². The molecule has 1 aromatic carbocycles. The molecule has 3 aromatic rings. The van der Waals surface area contributed by atoms with Crippen LogP contribution in [0.4, 0.5) is 0 Å². The molecule has 2 heterocycles. The summed E-state index contributed by atoms with van der Waals surface area (Å²) in [6.07, 6.45) is 0. The monoisotopic (exact) mass is 243 g/mol. The highest BCUT2D eigenvalue weighted by Crippen LogP contribution is 2.21. The first-order valence-electron chi connectivity index (χ1n) is 5.23. The van der Waals surface area contributed by atoms with Gasteiger partial charge in [-0.2, -0.15) is 5.10 Å². The number of nitrogens with zero attached hydrogens (tertiary/aromatic N) is 4. The van der Waals surface area contributed by atoms with Gasteiger partial charge in [-0.3, -0.25) is 5.10 Å². The zero-order chi connectivity index (χ0) is 12.7. The lowest BCUT2D eigenvalue weighted by Gasteiger charge is -1.96. The van der Waals surface area contributed by atoms with E-state index < -0.39 is 5.97 Å².